The molecular formula is C11H13ClN2OS. The molecule has 16 heavy (non-hydrogen) atoms. The average Bonchev–Trinajstić information content (AvgIpc) is 2.22. The number of hydrogen-bond donors (Lipinski definition) is 2. The number of benzene rings is 1. The van der Waals surface area contributed by atoms with Crippen LogP contribution >= 0.6 is 23.8 Å². The zero-order valence-corrected chi connectivity index (χ0v) is 10.7. The number of amides is 1. The van der Waals surface area contributed by atoms with Crippen molar-refractivity contribution in [1.29, 1.82) is 0 Å². The van der Waals surface area contributed by atoms with Crippen LogP contribution in [0.5, 0.6) is 0 Å². The fourth-order valence-electron chi connectivity index (χ4n) is 1.10. The SMILES string of the molecule is Cc1ccc(Cl)cc1NC(=O)C(C)C(N)=S. The summed E-state index contributed by atoms with van der Waals surface area (Å²) in [5, 5.41) is 3.31. The highest BCUT2D eigenvalue weighted by atomic mass is 35.5. The summed E-state index contributed by atoms with van der Waals surface area (Å²) in [4.78, 5) is 11.9. The van der Waals surface area contributed by atoms with Gasteiger partial charge in [0.05, 0.1) is 10.9 Å². The van der Waals surface area contributed by atoms with E-state index in [0.717, 1.165) is 5.56 Å². The number of halogens is 1. The number of anilines is 1. The maximum Gasteiger partial charge on any atom is 0.234 e. The molecule has 0 bridgehead atoms. The van der Waals surface area contributed by atoms with Gasteiger partial charge in [0.2, 0.25) is 5.91 Å². The second-order valence-corrected chi connectivity index (χ2v) is 4.48. The topological polar surface area (TPSA) is 55.1 Å². The van der Waals surface area contributed by atoms with Crippen LogP contribution in [0.25, 0.3) is 0 Å². The van der Waals surface area contributed by atoms with Gasteiger partial charge in [-0.1, -0.05) is 29.9 Å². The molecule has 1 aromatic carbocycles. The van der Waals surface area contributed by atoms with Gasteiger partial charge in [0.15, 0.2) is 0 Å². The predicted octanol–water partition coefficient (Wildman–Crippen LogP) is 2.51. The highest BCUT2D eigenvalue weighted by Crippen LogP contribution is 2.20. The maximum atomic E-state index is 11.7. The molecule has 0 spiro atoms. The summed E-state index contributed by atoms with van der Waals surface area (Å²) in [6.45, 7) is 3.55. The van der Waals surface area contributed by atoms with Gasteiger partial charge in [-0.3, -0.25) is 4.79 Å². The number of rotatable bonds is 3. The molecule has 0 saturated heterocycles. The van der Waals surface area contributed by atoms with Gasteiger partial charge < -0.3 is 11.1 Å². The first kappa shape index (κ1) is 12.9. The van der Waals surface area contributed by atoms with Gasteiger partial charge >= 0.3 is 0 Å². The van der Waals surface area contributed by atoms with E-state index < -0.39 is 5.92 Å². The number of carbonyl (C=O) groups is 1. The Balaban J connectivity index is 2.84. The standard InChI is InChI=1S/C11H13ClN2OS/c1-6-3-4-8(12)5-9(6)14-11(15)7(2)10(13)16/h3-5,7H,1-2H3,(H2,13,16)(H,14,15). The van der Waals surface area contributed by atoms with Crippen LogP contribution in [-0.2, 0) is 4.79 Å². The molecule has 3 N–H and O–H groups in total. The molecule has 5 heteroatoms. The van der Waals surface area contributed by atoms with E-state index in [1.165, 1.54) is 0 Å². The number of nitrogens with one attached hydrogen (secondary N) is 1. The first-order valence-corrected chi connectivity index (χ1v) is 5.56. The van der Waals surface area contributed by atoms with Crippen molar-refractivity contribution in [2.24, 2.45) is 11.7 Å². The first-order valence-electron chi connectivity index (χ1n) is 4.78. The average molecular weight is 257 g/mol. The van der Waals surface area contributed by atoms with E-state index in [4.69, 9.17) is 29.6 Å². The molecular weight excluding hydrogens is 244 g/mol. The molecule has 1 atom stereocenters. The van der Waals surface area contributed by atoms with Gasteiger partial charge in [0.25, 0.3) is 0 Å². The van der Waals surface area contributed by atoms with Crippen LogP contribution in [0.1, 0.15) is 12.5 Å². The highest BCUT2D eigenvalue weighted by molar-refractivity contribution is 7.80. The Bertz CT molecular complexity index is 434. The number of nitrogens with two attached hydrogens (primary N) is 1. The van der Waals surface area contributed by atoms with Crippen molar-refractivity contribution in [3.05, 3.63) is 28.8 Å². The van der Waals surface area contributed by atoms with E-state index in [-0.39, 0.29) is 10.9 Å². The van der Waals surface area contributed by atoms with Gasteiger partial charge in [-0.2, -0.15) is 0 Å². The molecule has 86 valence electrons. The van der Waals surface area contributed by atoms with Crippen LogP contribution in [0.15, 0.2) is 18.2 Å². The Morgan fingerprint density at radius 2 is 2.19 bits per heavy atom. The summed E-state index contributed by atoms with van der Waals surface area (Å²) in [6.07, 6.45) is 0. The summed E-state index contributed by atoms with van der Waals surface area (Å²) < 4.78 is 0. The molecule has 0 aromatic heterocycles. The van der Waals surface area contributed by atoms with Crippen LogP contribution in [0.4, 0.5) is 5.69 Å². The van der Waals surface area contributed by atoms with Gasteiger partial charge in [-0.15, -0.1) is 0 Å². The number of thiocarbonyl (C=S) groups is 1. The van der Waals surface area contributed by atoms with E-state index in [1.54, 1.807) is 19.1 Å². The van der Waals surface area contributed by atoms with E-state index in [0.29, 0.717) is 10.7 Å². The number of carbonyl (C=O) groups excluding carboxylic acids is 1. The zero-order chi connectivity index (χ0) is 12.3. The fourth-order valence-corrected chi connectivity index (χ4v) is 1.38. The van der Waals surface area contributed by atoms with Crippen molar-refractivity contribution < 1.29 is 4.79 Å². The smallest absolute Gasteiger partial charge is 0.234 e. The van der Waals surface area contributed by atoms with Crippen LogP contribution in [-0.4, -0.2) is 10.9 Å². The molecule has 1 unspecified atom stereocenters. The van der Waals surface area contributed by atoms with Gasteiger partial charge in [0.1, 0.15) is 0 Å². The van der Waals surface area contributed by atoms with E-state index in [9.17, 15) is 4.79 Å². The fraction of sp³-hybridized carbons (Fsp3) is 0.273. The molecule has 0 aliphatic heterocycles. The summed E-state index contributed by atoms with van der Waals surface area (Å²) in [5.41, 5.74) is 7.02. The Kier molecular flexibility index (Phi) is 4.26. The molecule has 0 aliphatic rings. The second kappa shape index (κ2) is 5.27. The maximum absolute atomic E-state index is 11.7. The lowest BCUT2D eigenvalue weighted by Gasteiger charge is -2.12. The Morgan fingerprint density at radius 3 is 2.75 bits per heavy atom. The number of aryl methyl sites for hydroxylation is 1. The highest BCUT2D eigenvalue weighted by Gasteiger charge is 2.16. The van der Waals surface area contributed by atoms with Crippen molar-refractivity contribution in [3.8, 4) is 0 Å². The molecule has 0 fully saturated rings. The lowest BCUT2D eigenvalue weighted by molar-refractivity contribution is -0.117. The van der Waals surface area contributed by atoms with Crippen LogP contribution < -0.4 is 11.1 Å². The van der Waals surface area contributed by atoms with E-state index in [1.807, 2.05) is 13.0 Å². The molecule has 1 amide bonds. The van der Waals surface area contributed by atoms with E-state index >= 15 is 0 Å². The quantitative estimate of drug-likeness (QED) is 0.817. The molecule has 0 aliphatic carbocycles. The normalized spacial score (nSPS) is 11.9. The third kappa shape index (κ3) is 3.18. The minimum Gasteiger partial charge on any atom is -0.393 e. The molecule has 1 rings (SSSR count). The third-order valence-electron chi connectivity index (χ3n) is 2.28. The van der Waals surface area contributed by atoms with Crippen LogP contribution in [0, 0.1) is 12.8 Å². The predicted molar refractivity (Wildman–Crippen MR) is 70.8 cm³/mol. The second-order valence-electron chi connectivity index (χ2n) is 3.57. The molecule has 3 nitrogen and oxygen atoms in total. The summed E-state index contributed by atoms with van der Waals surface area (Å²) in [5.74, 6) is -0.716. The van der Waals surface area contributed by atoms with Crippen molar-refractivity contribution >= 4 is 40.4 Å². The Hall–Kier alpha value is -1.13. The molecule has 0 saturated carbocycles. The largest absolute Gasteiger partial charge is 0.393 e. The lowest BCUT2D eigenvalue weighted by atomic mass is 10.1. The van der Waals surface area contributed by atoms with Crippen molar-refractivity contribution in [3.63, 3.8) is 0 Å². The van der Waals surface area contributed by atoms with Crippen molar-refractivity contribution in [1.82, 2.24) is 0 Å². The third-order valence-corrected chi connectivity index (χ3v) is 2.87. The summed E-state index contributed by atoms with van der Waals surface area (Å²) >= 11 is 10.6. The summed E-state index contributed by atoms with van der Waals surface area (Å²) in [6, 6.07) is 5.30. The Morgan fingerprint density at radius 1 is 1.56 bits per heavy atom. The van der Waals surface area contributed by atoms with Crippen LogP contribution in [0.2, 0.25) is 5.02 Å². The first-order chi connectivity index (χ1) is 7.41. The van der Waals surface area contributed by atoms with Gasteiger partial charge in [-0.05, 0) is 31.5 Å². The Labute approximate surface area is 105 Å². The summed E-state index contributed by atoms with van der Waals surface area (Å²) in [7, 11) is 0. The van der Waals surface area contributed by atoms with Gasteiger partial charge in [0, 0.05) is 10.7 Å². The van der Waals surface area contributed by atoms with Crippen molar-refractivity contribution in [2.45, 2.75) is 13.8 Å². The number of hydrogen-bond acceptors (Lipinski definition) is 2. The minimum atomic E-state index is -0.492. The van der Waals surface area contributed by atoms with Gasteiger partial charge in [-0.25, -0.2) is 0 Å². The monoisotopic (exact) mass is 256 g/mol. The van der Waals surface area contributed by atoms with Crippen molar-refractivity contribution in [2.75, 3.05) is 5.32 Å². The molecule has 1 aromatic rings. The minimum absolute atomic E-state index is 0.178. The van der Waals surface area contributed by atoms with E-state index in [2.05, 4.69) is 5.32 Å². The zero-order valence-electron chi connectivity index (χ0n) is 9.08. The van der Waals surface area contributed by atoms with Crippen LogP contribution in [0.3, 0.4) is 0 Å². The molecule has 0 radical (unpaired) electrons. The lowest BCUT2D eigenvalue weighted by Crippen LogP contribution is -2.31. The molecule has 0 heterocycles.